The van der Waals surface area contributed by atoms with Crippen LogP contribution in [0, 0.1) is 0 Å². The Morgan fingerprint density at radius 1 is 0.625 bits per heavy atom. The maximum absolute atomic E-state index is 6.33. The molecule has 3 aromatic heterocycles. The van der Waals surface area contributed by atoms with Crippen LogP contribution in [0.25, 0.3) is 66.7 Å². The highest BCUT2D eigenvalue weighted by molar-refractivity contribution is 6.60. The van der Waals surface area contributed by atoms with E-state index in [-0.39, 0.29) is 6.10 Å². The number of aromatic nitrogens is 3. The first-order valence-corrected chi connectivity index (χ1v) is 13.4. The third kappa shape index (κ3) is 3.50. The van der Waals surface area contributed by atoms with Crippen molar-refractivity contribution in [3.05, 3.63) is 84.9 Å². The maximum Gasteiger partial charge on any atom is 0.534 e. The van der Waals surface area contributed by atoms with Crippen molar-refractivity contribution in [3.8, 4) is 22.8 Å². The van der Waals surface area contributed by atoms with Crippen LogP contribution in [-0.2, 0) is 9.31 Å². The minimum Gasteiger partial charge on any atom is -0.455 e. The van der Waals surface area contributed by atoms with E-state index in [0.29, 0.717) is 17.4 Å². The molecule has 0 saturated carbocycles. The van der Waals surface area contributed by atoms with Gasteiger partial charge in [0, 0.05) is 21.5 Å². The zero-order valence-corrected chi connectivity index (χ0v) is 22.2. The van der Waals surface area contributed by atoms with Gasteiger partial charge in [-0.15, -0.1) is 0 Å². The van der Waals surface area contributed by atoms with Crippen LogP contribution in [0.3, 0.4) is 0 Å². The molecule has 0 aliphatic carbocycles. The van der Waals surface area contributed by atoms with Gasteiger partial charge < -0.3 is 18.1 Å². The highest BCUT2D eigenvalue weighted by atomic mass is 16.7. The van der Waals surface area contributed by atoms with Gasteiger partial charge in [0.2, 0.25) is 0 Å². The summed E-state index contributed by atoms with van der Waals surface area (Å²) < 4.78 is 25.1. The van der Waals surface area contributed by atoms with Crippen LogP contribution in [0.15, 0.2) is 93.8 Å². The molecule has 1 unspecified atom stereocenters. The summed E-state index contributed by atoms with van der Waals surface area (Å²) in [6.45, 7) is 6.00. The first-order chi connectivity index (χ1) is 19.5. The van der Waals surface area contributed by atoms with Crippen molar-refractivity contribution in [2.75, 3.05) is 0 Å². The summed E-state index contributed by atoms with van der Waals surface area (Å²) in [5.74, 6) is 0.949. The number of nitrogens with zero attached hydrogens (tertiary/aromatic N) is 3. The molecule has 194 valence electrons. The third-order valence-corrected chi connectivity index (χ3v) is 7.87. The number of hydrogen-bond acceptors (Lipinski definition) is 7. The van der Waals surface area contributed by atoms with Gasteiger partial charge in [0.05, 0.1) is 22.8 Å². The molecule has 7 nitrogen and oxygen atoms in total. The molecule has 1 saturated heterocycles. The van der Waals surface area contributed by atoms with Crippen molar-refractivity contribution >= 4 is 56.7 Å². The molecular weight excluding hydrogens is 501 g/mol. The largest absolute Gasteiger partial charge is 0.534 e. The highest BCUT2D eigenvalue weighted by Gasteiger charge is 2.46. The van der Waals surface area contributed by atoms with Crippen molar-refractivity contribution in [2.24, 2.45) is 0 Å². The van der Waals surface area contributed by atoms with Gasteiger partial charge in [0.1, 0.15) is 22.3 Å². The van der Waals surface area contributed by atoms with Crippen LogP contribution in [0.1, 0.15) is 20.8 Å². The summed E-state index contributed by atoms with van der Waals surface area (Å²) in [4.78, 5) is 14.8. The van der Waals surface area contributed by atoms with Crippen molar-refractivity contribution in [2.45, 2.75) is 32.5 Å². The second-order valence-corrected chi connectivity index (χ2v) is 10.7. The molecule has 8 rings (SSSR count). The average Bonchev–Trinajstić information content (AvgIpc) is 3.63. The molecule has 1 fully saturated rings. The van der Waals surface area contributed by atoms with Crippen LogP contribution < -0.4 is 5.72 Å². The zero-order valence-electron chi connectivity index (χ0n) is 22.2. The standard InChI is InChI=1S/C32H24BN3O4/c1-18-32(2,3)40-33(39-18)31-35-29(23-14-8-12-21-19-10-4-6-16-25(19)37-27(21)23)34-30(36-31)24-15-9-13-22-20-11-5-7-17-26(20)38-28(22)24/h4-18H,1-3H3. The summed E-state index contributed by atoms with van der Waals surface area (Å²) in [7, 11) is -0.741. The summed E-state index contributed by atoms with van der Waals surface area (Å²) in [6.07, 6.45) is -0.140. The van der Waals surface area contributed by atoms with Crippen LogP contribution in [0.4, 0.5) is 0 Å². The lowest BCUT2D eigenvalue weighted by atomic mass is 9.89. The molecule has 4 heterocycles. The molecular formula is C32H24BN3O4. The monoisotopic (exact) mass is 525 g/mol. The molecule has 7 aromatic rings. The molecule has 8 heteroatoms. The van der Waals surface area contributed by atoms with E-state index in [0.717, 1.165) is 55.0 Å². The van der Waals surface area contributed by atoms with E-state index >= 15 is 0 Å². The van der Waals surface area contributed by atoms with Crippen molar-refractivity contribution in [1.29, 1.82) is 0 Å². The topological polar surface area (TPSA) is 83.4 Å². The van der Waals surface area contributed by atoms with Gasteiger partial charge in [-0.2, -0.15) is 0 Å². The second-order valence-electron chi connectivity index (χ2n) is 10.7. The lowest BCUT2D eigenvalue weighted by molar-refractivity contribution is 0.0842. The van der Waals surface area contributed by atoms with Crippen molar-refractivity contribution in [3.63, 3.8) is 0 Å². The van der Waals surface area contributed by atoms with Gasteiger partial charge in [0.15, 0.2) is 17.4 Å². The maximum atomic E-state index is 6.33. The molecule has 0 N–H and O–H groups in total. The minimum absolute atomic E-state index is 0.140. The molecule has 0 radical (unpaired) electrons. The van der Waals surface area contributed by atoms with E-state index < -0.39 is 12.7 Å². The Balaban J connectivity index is 1.39. The number of rotatable bonds is 3. The molecule has 1 aliphatic heterocycles. The van der Waals surface area contributed by atoms with Gasteiger partial charge >= 0.3 is 7.12 Å². The van der Waals surface area contributed by atoms with Gasteiger partial charge in [-0.25, -0.2) is 15.0 Å². The Kier molecular flexibility index (Phi) is 4.96. The number of hydrogen-bond donors (Lipinski definition) is 0. The smallest absolute Gasteiger partial charge is 0.455 e. The SMILES string of the molecule is CC1OB(c2nc(-c3cccc4c3oc3ccccc34)nc(-c3cccc4c3oc3ccccc34)n2)OC1(C)C. The fraction of sp³-hybridized carbons (Fsp3) is 0.156. The van der Waals surface area contributed by atoms with E-state index in [1.54, 1.807) is 0 Å². The van der Waals surface area contributed by atoms with E-state index in [1.165, 1.54) is 0 Å². The number of furan rings is 2. The van der Waals surface area contributed by atoms with E-state index in [4.69, 9.17) is 33.1 Å². The van der Waals surface area contributed by atoms with E-state index in [2.05, 4.69) is 24.3 Å². The molecule has 4 aromatic carbocycles. The molecule has 1 atom stereocenters. The fourth-order valence-corrected chi connectivity index (χ4v) is 5.45. The van der Waals surface area contributed by atoms with E-state index in [1.807, 2.05) is 81.4 Å². The average molecular weight is 525 g/mol. The predicted molar refractivity (Wildman–Crippen MR) is 156 cm³/mol. The summed E-state index contributed by atoms with van der Waals surface area (Å²) in [6, 6.07) is 28.0. The van der Waals surface area contributed by atoms with Gasteiger partial charge in [0.25, 0.3) is 0 Å². The molecule has 0 bridgehead atoms. The molecule has 0 amide bonds. The Bertz CT molecular complexity index is 1970. The highest BCUT2D eigenvalue weighted by Crippen LogP contribution is 2.37. The lowest BCUT2D eigenvalue weighted by Gasteiger charge is -2.21. The van der Waals surface area contributed by atoms with Gasteiger partial charge in [-0.05, 0) is 45.0 Å². The Hall–Kier alpha value is -4.53. The summed E-state index contributed by atoms with van der Waals surface area (Å²) in [5, 5.41) is 4.08. The molecule has 0 spiro atoms. The van der Waals surface area contributed by atoms with Gasteiger partial charge in [-0.1, -0.05) is 60.7 Å². The lowest BCUT2D eigenvalue weighted by Crippen LogP contribution is -2.39. The number of para-hydroxylation sites is 4. The third-order valence-electron chi connectivity index (χ3n) is 7.87. The number of fused-ring (bicyclic) bond motifs is 6. The predicted octanol–water partition coefficient (Wildman–Crippen LogP) is 6.91. The van der Waals surface area contributed by atoms with E-state index in [9.17, 15) is 0 Å². The van der Waals surface area contributed by atoms with Crippen molar-refractivity contribution < 1.29 is 18.1 Å². The fourth-order valence-electron chi connectivity index (χ4n) is 5.45. The first-order valence-electron chi connectivity index (χ1n) is 13.4. The van der Waals surface area contributed by atoms with Crippen LogP contribution in [0.5, 0.6) is 0 Å². The zero-order chi connectivity index (χ0) is 27.0. The Labute approximate surface area is 229 Å². The Morgan fingerprint density at radius 3 is 1.62 bits per heavy atom. The van der Waals surface area contributed by atoms with Crippen LogP contribution in [-0.4, -0.2) is 33.8 Å². The van der Waals surface area contributed by atoms with Crippen LogP contribution >= 0.6 is 0 Å². The summed E-state index contributed by atoms with van der Waals surface area (Å²) >= 11 is 0. The van der Waals surface area contributed by atoms with Crippen LogP contribution in [0.2, 0.25) is 0 Å². The van der Waals surface area contributed by atoms with Gasteiger partial charge in [-0.3, -0.25) is 0 Å². The Morgan fingerprint density at radius 2 is 1.12 bits per heavy atom. The quantitative estimate of drug-likeness (QED) is 0.232. The first kappa shape index (κ1) is 23.4. The number of benzene rings is 4. The minimum atomic E-state index is -0.741. The molecule has 1 aliphatic rings. The second kappa shape index (κ2) is 8.49. The van der Waals surface area contributed by atoms with Crippen molar-refractivity contribution in [1.82, 2.24) is 15.0 Å². The normalized spacial score (nSPS) is 17.1. The summed E-state index contributed by atoms with van der Waals surface area (Å²) in [5.41, 5.74) is 4.50. The molecule has 40 heavy (non-hydrogen) atoms.